The molecule has 108 valence electrons. The number of nitrogens with one attached hydrogen (secondary N) is 1. The summed E-state index contributed by atoms with van der Waals surface area (Å²) in [6.07, 6.45) is 5.03. The van der Waals surface area contributed by atoms with E-state index in [4.69, 9.17) is 0 Å². The SMILES string of the molecule is CCCN(CCC)c1c(CNC2CC2)c(C)nn1C. The monoisotopic (exact) mass is 264 g/mol. The summed E-state index contributed by atoms with van der Waals surface area (Å²) in [6, 6.07) is 0.748. The van der Waals surface area contributed by atoms with Gasteiger partial charge < -0.3 is 10.2 Å². The molecule has 1 fully saturated rings. The quantitative estimate of drug-likeness (QED) is 0.783. The highest BCUT2D eigenvalue weighted by atomic mass is 15.4. The van der Waals surface area contributed by atoms with Crippen LogP contribution in [0.4, 0.5) is 5.82 Å². The molecule has 1 aromatic heterocycles. The van der Waals surface area contributed by atoms with Gasteiger partial charge in [-0.3, -0.25) is 4.68 Å². The summed E-state index contributed by atoms with van der Waals surface area (Å²) in [4.78, 5) is 2.49. The van der Waals surface area contributed by atoms with E-state index in [9.17, 15) is 0 Å². The Balaban J connectivity index is 2.18. The Hall–Kier alpha value is -1.03. The summed E-state index contributed by atoms with van der Waals surface area (Å²) >= 11 is 0. The van der Waals surface area contributed by atoms with Gasteiger partial charge in [0.15, 0.2) is 0 Å². The first-order valence-electron chi connectivity index (χ1n) is 7.68. The summed E-state index contributed by atoms with van der Waals surface area (Å²) in [5, 5.41) is 8.26. The van der Waals surface area contributed by atoms with Gasteiger partial charge in [0.2, 0.25) is 0 Å². The number of aromatic nitrogens is 2. The topological polar surface area (TPSA) is 33.1 Å². The molecular formula is C15H28N4. The second-order valence-corrected chi connectivity index (χ2v) is 5.65. The van der Waals surface area contributed by atoms with Crippen molar-refractivity contribution < 1.29 is 0 Å². The molecule has 0 aromatic carbocycles. The maximum Gasteiger partial charge on any atom is 0.131 e. The van der Waals surface area contributed by atoms with Crippen LogP contribution in [0.15, 0.2) is 0 Å². The minimum absolute atomic E-state index is 0.748. The highest BCUT2D eigenvalue weighted by Gasteiger charge is 2.23. The summed E-state index contributed by atoms with van der Waals surface area (Å²) in [7, 11) is 2.07. The van der Waals surface area contributed by atoms with Crippen LogP contribution in [0, 0.1) is 6.92 Å². The van der Waals surface area contributed by atoms with Crippen molar-refractivity contribution in [1.82, 2.24) is 15.1 Å². The molecule has 1 aromatic rings. The fourth-order valence-corrected chi connectivity index (χ4v) is 2.69. The molecule has 19 heavy (non-hydrogen) atoms. The van der Waals surface area contributed by atoms with Gasteiger partial charge in [0.25, 0.3) is 0 Å². The van der Waals surface area contributed by atoms with Crippen LogP contribution in [0.2, 0.25) is 0 Å². The van der Waals surface area contributed by atoms with Crippen LogP contribution < -0.4 is 10.2 Å². The molecule has 0 aliphatic heterocycles. The van der Waals surface area contributed by atoms with Crippen LogP contribution >= 0.6 is 0 Å². The van der Waals surface area contributed by atoms with E-state index < -0.39 is 0 Å². The number of rotatable bonds is 8. The third-order valence-corrected chi connectivity index (χ3v) is 3.74. The first-order chi connectivity index (χ1) is 9.17. The Labute approximate surface area is 117 Å². The largest absolute Gasteiger partial charge is 0.357 e. The van der Waals surface area contributed by atoms with Crippen LogP contribution in [0.5, 0.6) is 0 Å². The predicted octanol–water partition coefficient (Wildman–Crippen LogP) is 2.61. The Kier molecular flexibility index (Phi) is 4.86. The minimum Gasteiger partial charge on any atom is -0.357 e. The molecule has 1 heterocycles. The highest BCUT2D eigenvalue weighted by molar-refractivity contribution is 5.50. The molecule has 1 aliphatic carbocycles. The minimum atomic E-state index is 0.748. The molecule has 0 bridgehead atoms. The molecule has 1 N–H and O–H groups in total. The van der Waals surface area contributed by atoms with E-state index in [1.54, 1.807) is 0 Å². The van der Waals surface area contributed by atoms with Crippen LogP contribution in [0.1, 0.15) is 50.8 Å². The van der Waals surface area contributed by atoms with Gasteiger partial charge in [-0.25, -0.2) is 0 Å². The molecule has 1 aliphatic rings. The van der Waals surface area contributed by atoms with E-state index in [0.717, 1.165) is 25.7 Å². The van der Waals surface area contributed by atoms with Gasteiger partial charge in [-0.1, -0.05) is 13.8 Å². The number of anilines is 1. The van der Waals surface area contributed by atoms with Gasteiger partial charge in [0, 0.05) is 38.3 Å². The summed E-state index contributed by atoms with van der Waals surface area (Å²) in [6.45, 7) is 9.81. The number of hydrogen-bond donors (Lipinski definition) is 1. The van der Waals surface area contributed by atoms with E-state index in [1.165, 1.54) is 42.8 Å². The van der Waals surface area contributed by atoms with Crippen molar-refractivity contribution in [3.63, 3.8) is 0 Å². The average Bonchev–Trinajstić information content (AvgIpc) is 3.13. The fraction of sp³-hybridized carbons (Fsp3) is 0.800. The van der Waals surface area contributed by atoms with Crippen molar-refractivity contribution in [3.05, 3.63) is 11.3 Å². The smallest absolute Gasteiger partial charge is 0.131 e. The molecule has 0 radical (unpaired) electrons. The zero-order chi connectivity index (χ0) is 13.8. The zero-order valence-electron chi connectivity index (χ0n) is 12.9. The standard InChI is InChI=1S/C15H28N4/c1-5-9-19(10-6-2)15-14(11-16-13-7-8-13)12(3)17-18(15)4/h13,16H,5-11H2,1-4H3. The molecule has 0 saturated heterocycles. The van der Waals surface area contributed by atoms with Crippen molar-refractivity contribution >= 4 is 5.82 Å². The molecule has 2 rings (SSSR count). The number of aryl methyl sites for hydroxylation is 2. The predicted molar refractivity (Wildman–Crippen MR) is 80.6 cm³/mol. The Morgan fingerprint density at radius 3 is 2.42 bits per heavy atom. The van der Waals surface area contributed by atoms with Crippen molar-refractivity contribution in [2.75, 3.05) is 18.0 Å². The molecular weight excluding hydrogens is 236 g/mol. The van der Waals surface area contributed by atoms with Crippen LogP contribution in [0.25, 0.3) is 0 Å². The normalized spacial score (nSPS) is 14.9. The lowest BCUT2D eigenvalue weighted by molar-refractivity contribution is 0.660. The maximum atomic E-state index is 4.63. The van der Waals surface area contributed by atoms with Crippen LogP contribution in [0.3, 0.4) is 0 Å². The molecule has 1 saturated carbocycles. The number of nitrogens with zero attached hydrogens (tertiary/aromatic N) is 3. The van der Waals surface area contributed by atoms with E-state index in [1.807, 2.05) is 0 Å². The second-order valence-electron chi connectivity index (χ2n) is 5.65. The lowest BCUT2D eigenvalue weighted by Crippen LogP contribution is -2.29. The highest BCUT2D eigenvalue weighted by Crippen LogP contribution is 2.26. The Morgan fingerprint density at radius 1 is 1.26 bits per heavy atom. The first kappa shape index (κ1) is 14.4. The van der Waals surface area contributed by atoms with E-state index in [-0.39, 0.29) is 0 Å². The third kappa shape index (κ3) is 3.50. The Morgan fingerprint density at radius 2 is 1.89 bits per heavy atom. The summed E-state index contributed by atoms with van der Waals surface area (Å²) in [5.41, 5.74) is 2.55. The molecule has 4 heteroatoms. The lowest BCUT2D eigenvalue weighted by Gasteiger charge is -2.25. The van der Waals surface area contributed by atoms with Crippen molar-refractivity contribution in [1.29, 1.82) is 0 Å². The first-order valence-corrected chi connectivity index (χ1v) is 7.68. The van der Waals surface area contributed by atoms with Gasteiger partial charge >= 0.3 is 0 Å². The summed E-state index contributed by atoms with van der Waals surface area (Å²) < 4.78 is 2.06. The Bertz CT molecular complexity index is 401. The third-order valence-electron chi connectivity index (χ3n) is 3.74. The maximum absolute atomic E-state index is 4.63. The van der Waals surface area contributed by atoms with Crippen molar-refractivity contribution in [2.24, 2.45) is 7.05 Å². The second kappa shape index (κ2) is 6.42. The number of hydrogen-bond acceptors (Lipinski definition) is 3. The fourth-order valence-electron chi connectivity index (χ4n) is 2.69. The zero-order valence-corrected chi connectivity index (χ0v) is 12.9. The molecule has 0 spiro atoms. The lowest BCUT2D eigenvalue weighted by atomic mass is 10.2. The molecule has 4 nitrogen and oxygen atoms in total. The van der Waals surface area contributed by atoms with E-state index >= 15 is 0 Å². The van der Waals surface area contributed by atoms with Crippen molar-refractivity contribution in [3.8, 4) is 0 Å². The van der Waals surface area contributed by atoms with Gasteiger partial charge in [0.1, 0.15) is 5.82 Å². The molecule has 0 unspecified atom stereocenters. The van der Waals surface area contributed by atoms with Crippen molar-refractivity contribution in [2.45, 2.75) is 59.0 Å². The van der Waals surface area contributed by atoms with Crippen LogP contribution in [-0.2, 0) is 13.6 Å². The van der Waals surface area contributed by atoms with E-state index in [2.05, 4.69) is 47.8 Å². The van der Waals surface area contributed by atoms with Gasteiger partial charge in [-0.15, -0.1) is 0 Å². The molecule has 0 amide bonds. The van der Waals surface area contributed by atoms with Gasteiger partial charge in [-0.2, -0.15) is 5.10 Å². The van der Waals surface area contributed by atoms with Crippen LogP contribution in [-0.4, -0.2) is 28.9 Å². The average molecular weight is 264 g/mol. The summed E-state index contributed by atoms with van der Waals surface area (Å²) in [5.74, 6) is 1.31. The van der Waals surface area contributed by atoms with Gasteiger partial charge in [0.05, 0.1) is 5.69 Å². The molecule has 0 atom stereocenters. The van der Waals surface area contributed by atoms with Gasteiger partial charge in [-0.05, 0) is 32.6 Å². The van der Waals surface area contributed by atoms with E-state index in [0.29, 0.717) is 0 Å².